The van der Waals surface area contributed by atoms with Crippen LogP contribution in [0.3, 0.4) is 0 Å². The fourth-order valence-electron chi connectivity index (χ4n) is 4.53. The number of amides is 2. The number of H-pyrrole nitrogens is 1. The van der Waals surface area contributed by atoms with Gasteiger partial charge in [0.05, 0.1) is 11.0 Å². The van der Waals surface area contributed by atoms with Gasteiger partial charge in [0.15, 0.2) is 0 Å². The van der Waals surface area contributed by atoms with Crippen LogP contribution in [0, 0.1) is 5.92 Å². The highest BCUT2D eigenvalue weighted by atomic mass is 16.2. The van der Waals surface area contributed by atoms with E-state index in [4.69, 9.17) is 4.98 Å². The second-order valence-electron chi connectivity index (χ2n) is 9.86. The molecule has 0 saturated carbocycles. The lowest BCUT2D eigenvalue weighted by Gasteiger charge is -2.32. The Morgan fingerprint density at radius 1 is 1.15 bits per heavy atom. The van der Waals surface area contributed by atoms with E-state index in [1.54, 1.807) is 21.9 Å². The first kappa shape index (κ1) is 23.7. The maximum atomic E-state index is 13.6. The molecular formula is C26H33N5O3. The minimum Gasteiger partial charge on any atom is -0.352 e. The van der Waals surface area contributed by atoms with Gasteiger partial charge >= 0.3 is 0 Å². The van der Waals surface area contributed by atoms with Gasteiger partial charge in [0.2, 0.25) is 5.43 Å². The summed E-state index contributed by atoms with van der Waals surface area (Å²) in [6.07, 6.45) is 4.89. The number of benzene rings is 1. The van der Waals surface area contributed by atoms with Crippen LogP contribution in [0.4, 0.5) is 0 Å². The summed E-state index contributed by atoms with van der Waals surface area (Å²) in [6, 6.07) is 7.75. The van der Waals surface area contributed by atoms with Crippen molar-refractivity contribution in [3.8, 4) is 0 Å². The summed E-state index contributed by atoms with van der Waals surface area (Å²) < 4.78 is 1.79. The van der Waals surface area contributed by atoms with Gasteiger partial charge in [-0.3, -0.25) is 14.4 Å². The van der Waals surface area contributed by atoms with Crippen LogP contribution in [0.5, 0.6) is 0 Å². The number of nitrogens with zero attached hydrogens (tertiary/aromatic N) is 3. The minimum absolute atomic E-state index is 0.00560. The zero-order valence-electron chi connectivity index (χ0n) is 20.3. The van der Waals surface area contributed by atoms with Gasteiger partial charge in [0.1, 0.15) is 17.0 Å². The molecule has 3 heterocycles. The lowest BCUT2D eigenvalue weighted by molar-refractivity contribution is 0.0702. The molecule has 1 atom stereocenters. The monoisotopic (exact) mass is 463 g/mol. The average Bonchev–Trinajstić information content (AvgIpc) is 3.23. The number of fused-ring (bicyclic) bond motifs is 1. The summed E-state index contributed by atoms with van der Waals surface area (Å²) >= 11 is 0. The third kappa shape index (κ3) is 5.05. The summed E-state index contributed by atoms with van der Waals surface area (Å²) in [4.78, 5) is 49.3. The van der Waals surface area contributed by atoms with E-state index in [-0.39, 0.29) is 29.0 Å². The van der Waals surface area contributed by atoms with E-state index >= 15 is 0 Å². The first-order chi connectivity index (χ1) is 16.2. The highest BCUT2D eigenvalue weighted by molar-refractivity contribution is 5.99. The fraction of sp³-hybridized carbons (Fsp3) is 0.462. The number of nitrogens with one attached hydrogen (secondary N) is 2. The molecule has 1 aromatic carbocycles. The number of piperidine rings is 1. The summed E-state index contributed by atoms with van der Waals surface area (Å²) in [5, 5.41) is 2.78. The van der Waals surface area contributed by atoms with Gasteiger partial charge in [-0.2, -0.15) is 0 Å². The SMILES string of the molecule is CC(C)Cn1cc(C(=O)NC(C)C)c(=O)c(C(=O)N2CCC[C@H](c3nc4ccccc4[nH]3)C2)c1. The van der Waals surface area contributed by atoms with E-state index in [0.717, 1.165) is 29.7 Å². The molecule has 1 aliphatic rings. The molecule has 0 spiro atoms. The summed E-state index contributed by atoms with van der Waals surface area (Å²) in [7, 11) is 0. The average molecular weight is 464 g/mol. The molecule has 0 aliphatic carbocycles. The Hall–Kier alpha value is -3.42. The zero-order valence-corrected chi connectivity index (χ0v) is 20.3. The standard InChI is InChI=1S/C26H33N5O3/c1-16(2)12-30-14-19(25(33)27-17(3)4)23(32)20(15-30)26(34)31-11-7-8-18(13-31)24-28-21-9-5-6-10-22(21)29-24/h5-6,9-10,14-18H,7-8,11-13H2,1-4H3,(H,27,33)(H,28,29)/t18-/m0/s1. The number of hydrogen-bond acceptors (Lipinski definition) is 4. The lowest BCUT2D eigenvalue weighted by Crippen LogP contribution is -2.43. The molecule has 4 rings (SSSR count). The van der Waals surface area contributed by atoms with E-state index in [0.29, 0.717) is 25.6 Å². The number of pyridine rings is 1. The molecule has 3 aromatic rings. The Morgan fingerprint density at radius 3 is 2.59 bits per heavy atom. The quantitative estimate of drug-likeness (QED) is 0.584. The second-order valence-corrected chi connectivity index (χ2v) is 9.86. The van der Waals surface area contributed by atoms with Crippen LogP contribution in [-0.2, 0) is 6.54 Å². The number of aromatic nitrogens is 3. The van der Waals surface area contributed by atoms with Crippen molar-refractivity contribution in [3.63, 3.8) is 0 Å². The third-order valence-electron chi connectivity index (χ3n) is 6.05. The van der Waals surface area contributed by atoms with E-state index in [1.165, 1.54) is 0 Å². The van der Waals surface area contributed by atoms with Crippen molar-refractivity contribution < 1.29 is 9.59 Å². The number of rotatable bonds is 6. The van der Waals surface area contributed by atoms with Crippen molar-refractivity contribution in [2.75, 3.05) is 13.1 Å². The summed E-state index contributed by atoms with van der Waals surface area (Å²) in [5.41, 5.74) is 1.41. The van der Waals surface area contributed by atoms with Crippen LogP contribution in [-0.4, -0.2) is 50.4 Å². The van der Waals surface area contributed by atoms with Gasteiger partial charge < -0.3 is 19.8 Å². The van der Waals surface area contributed by atoms with Gasteiger partial charge in [-0.15, -0.1) is 0 Å². The molecule has 0 unspecified atom stereocenters. The topological polar surface area (TPSA) is 100 Å². The first-order valence-corrected chi connectivity index (χ1v) is 12.0. The highest BCUT2D eigenvalue weighted by Gasteiger charge is 2.30. The predicted octanol–water partition coefficient (Wildman–Crippen LogP) is 3.54. The van der Waals surface area contributed by atoms with Crippen LogP contribution in [0.1, 0.15) is 73.0 Å². The Balaban J connectivity index is 1.63. The van der Waals surface area contributed by atoms with Crippen LogP contribution in [0.25, 0.3) is 11.0 Å². The van der Waals surface area contributed by atoms with Crippen molar-refractivity contribution in [1.29, 1.82) is 0 Å². The summed E-state index contributed by atoms with van der Waals surface area (Å²) in [6.45, 7) is 9.43. The van der Waals surface area contributed by atoms with Gasteiger partial charge in [0.25, 0.3) is 11.8 Å². The van der Waals surface area contributed by atoms with Crippen molar-refractivity contribution in [2.45, 2.75) is 59.0 Å². The van der Waals surface area contributed by atoms with E-state index in [2.05, 4.69) is 24.1 Å². The van der Waals surface area contributed by atoms with Crippen molar-refractivity contribution in [1.82, 2.24) is 24.8 Å². The lowest BCUT2D eigenvalue weighted by atomic mass is 9.96. The molecule has 0 bridgehead atoms. The van der Waals surface area contributed by atoms with E-state index in [9.17, 15) is 14.4 Å². The number of aromatic amines is 1. The molecule has 0 radical (unpaired) electrons. The molecule has 2 N–H and O–H groups in total. The summed E-state index contributed by atoms with van der Waals surface area (Å²) in [5.74, 6) is 0.434. The Bertz CT molecular complexity index is 1220. The van der Waals surface area contributed by atoms with Gasteiger partial charge in [-0.25, -0.2) is 4.98 Å². The van der Waals surface area contributed by atoms with Gasteiger partial charge in [-0.05, 0) is 44.7 Å². The molecule has 2 amide bonds. The molecular weight excluding hydrogens is 430 g/mol. The molecule has 2 aromatic heterocycles. The number of carbonyl (C=O) groups excluding carboxylic acids is 2. The van der Waals surface area contributed by atoms with Gasteiger partial charge in [-0.1, -0.05) is 26.0 Å². The van der Waals surface area contributed by atoms with Crippen molar-refractivity contribution >= 4 is 22.8 Å². The molecule has 1 fully saturated rings. The largest absolute Gasteiger partial charge is 0.352 e. The predicted molar refractivity (Wildman–Crippen MR) is 132 cm³/mol. The fourth-order valence-corrected chi connectivity index (χ4v) is 4.53. The van der Waals surface area contributed by atoms with Crippen molar-refractivity contribution in [2.24, 2.45) is 5.92 Å². The Morgan fingerprint density at radius 2 is 1.88 bits per heavy atom. The minimum atomic E-state index is -0.519. The number of para-hydroxylation sites is 2. The van der Waals surface area contributed by atoms with Crippen LogP contribution in [0.2, 0.25) is 0 Å². The van der Waals surface area contributed by atoms with Crippen molar-refractivity contribution in [3.05, 3.63) is 63.8 Å². The zero-order chi connectivity index (χ0) is 24.4. The smallest absolute Gasteiger partial charge is 0.259 e. The second kappa shape index (κ2) is 9.83. The Kier molecular flexibility index (Phi) is 6.86. The van der Waals surface area contributed by atoms with E-state index < -0.39 is 11.3 Å². The number of imidazole rings is 1. The Labute approximate surface area is 199 Å². The first-order valence-electron chi connectivity index (χ1n) is 12.0. The molecule has 180 valence electrons. The maximum absolute atomic E-state index is 13.6. The van der Waals surface area contributed by atoms with Crippen LogP contribution >= 0.6 is 0 Å². The van der Waals surface area contributed by atoms with Gasteiger partial charge in [0, 0.05) is 44.0 Å². The van der Waals surface area contributed by atoms with E-state index in [1.807, 2.05) is 38.1 Å². The molecule has 1 saturated heterocycles. The maximum Gasteiger partial charge on any atom is 0.259 e. The van der Waals surface area contributed by atoms with Crippen LogP contribution in [0.15, 0.2) is 41.5 Å². The molecule has 1 aliphatic heterocycles. The normalized spacial score (nSPS) is 16.4. The highest BCUT2D eigenvalue weighted by Crippen LogP contribution is 2.27. The number of hydrogen-bond donors (Lipinski definition) is 2. The molecule has 8 heteroatoms. The number of likely N-dealkylation sites (tertiary alicyclic amines) is 1. The molecule has 34 heavy (non-hydrogen) atoms. The third-order valence-corrected chi connectivity index (χ3v) is 6.05. The number of carbonyl (C=O) groups is 2. The molecule has 8 nitrogen and oxygen atoms in total. The van der Waals surface area contributed by atoms with Crippen LogP contribution < -0.4 is 10.7 Å².